The van der Waals surface area contributed by atoms with Gasteiger partial charge in [0.05, 0.1) is 6.10 Å². The Kier molecular flexibility index (Phi) is 5.78. The van der Waals surface area contributed by atoms with Crippen LogP contribution >= 0.6 is 15.9 Å². The van der Waals surface area contributed by atoms with E-state index in [0.29, 0.717) is 18.5 Å². The van der Waals surface area contributed by atoms with E-state index < -0.39 is 0 Å². The highest BCUT2D eigenvalue weighted by Gasteiger charge is 2.22. The second kappa shape index (κ2) is 6.72. The van der Waals surface area contributed by atoms with Gasteiger partial charge >= 0.3 is 0 Å². The molecule has 0 heterocycles. The number of hydrogen-bond donors (Lipinski definition) is 2. The normalized spacial score (nSPS) is 13.2. The fraction of sp³-hybridized carbons (Fsp3) is 0.562. The average Bonchev–Trinajstić information content (AvgIpc) is 2.29. The Morgan fingerprint density at radius 1 is 1.35 bits per heavy atom. The first-order valence-electron chi connectivity index (χ1n) is 6.85. The highest BCUT2D eigenvalue weighted by molar-refractivity contribution is 9.10. The summed E-state index contributed by atoms with van der Waals surface area (Å²) in [5, 5.41) is 12.4. The highest BCUT2D eigenvalue weighted by Crippen LogP contribution is 2.23. The van der Waals surface area contributed by atoms with Crippen LogP contribution < -0.4 is 5.32 Å². The molecule has 3 nitrogen and oxygen atoms in total. The van der Waals surface area contributed by atoms with Crippen LogP contribution in [0.1, 0.15) is 48.7 Å². The molecule has 0 bridgehead atoms. The van der Waals surface area contributed by atoms with Crippen LogP contribution in [-0.2, 0) is 0 Å². The van der Waals surface area contributed by atoms with Gasteiger partial charge in [-0.1, -0.05) is 29.8 Å². The Morgan fingerprint density at radius 3 is 2.50 bits per heavy atom. The number of nitrogens with one attached hydrogen (secondary N) is 1. The molecule has 0 radical (unpaired) electrons. The zero-order valence-corrected chi connectivity index (χ0v) is 14.5. The van der Waals surface area contributed by atoms with Crippen molar-refractivity contribution in [2.24, 2.45) is 5.41 Å². The molecule has 0 aromatic heterocycles. The molecular weight excluding hydrogens is 318 g/mol. The fourth-order valence-corrected chi connectivity index (χ4v) is 2.77. The van der Waals surface area contributed by atoms with Crippen LogP contribution in [0.25, 0.3) is 0 Å². The molecule has 0 aliphatic heterocycles. The molecule has 1 amide bonds. The molecule has 20 heavy (non-hydrogen) atoms. The van der Waals surface area contributed by atoms with E-state index >= 15 is 0 Å². The van der Waals surface area contributed by atoms with Crippen molar-refractivity contribution in [1.29, 1.82) is 0 Å². The number of carbonyl (C=O) groups excluding carboxylic acids is 1. The van der Waals surface area contributed by atoms with Gasteiger partial charge in [0.2, 0.25) is 0 Å². The van der Waals surface area contributed by atoms with Gasteiger partial charge in [-0.25, -0.2) is 0 Å². The third kappa shape index (κ3) is 4.91. The summed E-state index contributed by atoms with van der Waals surface area (Å²) in [6, 6.07) is 3.86. The molecule has 1 unspecified atom stereocenters. The lowest BCUT2D eigenvalue weighted by Gasteiger charge is -2.26. The van der Waals surface area contributed by atoms with Crippen LogP contribution in [-0.4, -0.2) is 23.7 Å². The van der Waals surface area contributed by atoms with E-state index in [0.717, 1.165) is 15.6 Å². The third-order valence-electron chi connectivity index (χ3n) is 3.33. The molecule has 2 N–H and O–H groups in total. The largest absolute Gasteiger partial charge is 0.393 e. The van der Waals surface area contributed by atoms with Gasteiger partial charge < -0.3 is 10.4 Å². The van der Waals surface area contributed by atoms with Crippen LogP contribution in [0.5, 0.6) is 0 Å². The zero-order chi connectivity index (χ0) is 15.5. The number of aryl methyl sites for hydroxylation is 2. The van der Waals surface area contributed by atoms with Crippen molar-refractivity contribution in [3.8, 4) is 0 Å². The predicted octanol–water partition coefficient (Wildman–Crippen LogP) is 3.59. The van der Waals surface area contributed by atoms with Gasteiger partial charge in [0.15, 0.2) is 0 Å². The van der Waals surface area contributed by atoms with Gasteiger partial charge in [0.25, 0.3) is 5.91 Å². The van der Waals surface area contributed by atoms with E-state index in [4.69, 9.17) is 0 Å². The SMILES string of the molecule is Cc1cc(C(=O)NCC(C)(C)CC(C)O)c(C)cc1Br. The summed E-state index contributed by atoms with van der Waals surface area (Å²) in [5.41, 5.74) is 2.58. The standard InChI is InChI=1S/C16H24BrNO2/c1-10-7-14(17)11(2)6-13(10)15(20)18-9-16(4,5)8-12(3)19/h6-7,12,19H,8-9H2,1-5H3,(H,18,20). The summed E-state index contributed by atoms with van der Waals surface area (Å²) >= 11 is 3.47. The van der Waals surface area contributed by atoms with Crippen molar-refractivity contribution >= 4 is 21.8 Å². The zero-order valence-electron chi connectivity index (χ0n) is 12.9. The van der Waals surface area contributed by atoms with Crippen LogP contribution in [0.2, 0.25) is 0 Å². The number of aliphatic hydroxyl groups excluding tert-OH is 1. The Hall–Kier alpha value is -0.870. The number of rotatable bonds is 5. The first-order valence-corrected chi connectivity index (χ1v) is 7.65. The van der Waals surface area contributed by atoms with Crippen molar-refractivity contribution in [3.05, 3.63) is 33.3 Å². The first-order chi connectivity index (χ1) is 9.12. The summed E-state index contributed by atoms with van der Waals surface area (Å²) in [6.07, 6.45) is 0.296. The van der Waals surface area contributed by atoms with Crippen molar-refractivity contribution in [2.45, 2.75) is 47.1 Å². The fourth-order valence-electron chi connectivity index (χ4n) is 2.31. The summed E-state index contributed by atoms with van der Waals surface area (Å²) in [7, 11) is 0. The number of carbonyl (C=O) groups is 1. The van der Waals surface area contributed by atoms with Gasteiger partial charge in [-0.3, -0.25) is 4.79 Å². The average molecular weight is 342 g/mol. The van der Waals surface area contributed by atoms with Gasteiger partial charge in [0.1, 0.15) is 0 Å². The number of halogens is 1. The van der Waals surface area contributed by atoms with E-state index in [1.165, 1.54) is 0 Å². The maximum Gasteiger partial charge on any atom is 0.251 e. The lowest BCUT2D eigenvalue weighted by molar-refractivity contribution is 0.0901. The summed E-state index contributed by atoms with van der Waals surface area (Å²) in [4.78, 5) is 12.3. The molecule has 1 aromatic carbocycles. The number of aliphatic hydroxyl groups is 1. The van der Waals surface area contributed by atoms with Crippen molar-refractivity contribution in [1.82, 2.24) is 5.32 Å². The van der Waals surface area contributed by atoms with Gasteiger partial charge in [-0.15, -0.1) is 0 Å². The number of amides is 1. The van der Waals surface area contributed by atoms with E-state index in [-0.39, 0.29) is 17.4 Å². The molecule has 0 saturated carbocycles. The van der Waals surface area contributed by atoms with Crippen molar-refractivity contribution in [2.75, 3.05) is 6.54 Å². The summed E-state index contributed by atoms with van der Waals surface area (Å²) in [6.45, 7) is 10.3. The van der Waals surface area contributed by atoms with Gasteiger partial charge in [-0.2, -0.15) is 0 Å². The van der Waals surface area contributed by atoms with E-state index in [2.05, 4.69) is 21.2 Å². The molecule has 112 valence electrons. The first kappa shape index (κ1) is 17.2. The van der Waals surface area contributed by atoms with Gasteiger partial charge in [0, 0.05) is 16.6 Å². The molecule has 0 aliphatic carbocycles. The maximum absolute atomic E-state index is 12.3. The Bertz CT molecular complexity index is 495. The lowest BCUT2D eigenvalue weighted by Crippen LogP contribution is -2.36. The molecule has 0 aliphatic rings. The molecule has 1 aromatic rings. The van der Waals surface area contributed by atoms with E-state index in [1.54, 1.807) is 6.92 Å². The second-order valence-corrected chi connectivity index (χ2v) is 7.17. The maximum atomic E-state index is 12.3. The second-order valence-electron chi connectivity index (χ2n) is 6.32. The highest BCUT2D eigenvalue weighted by atomic mass is 79.9. The van der Waals surface area contributed by atoms with Crippen LogP contribution in [0.3, 0.4) is 0 Å². The molecule has 0 fully saturated rings. The Labute approximate surface area is 129 Å². The summed E-state index contributed by atoms with van der Waals surface area (Å²) < 4.78 is 1.01. The monoisotopic (exact) mass is 341 g/mol. The minimum atomic E-state index is -0.362. The van der Waals surface area contributed by atoms with Crippen LogP contribution in [0.4, 0.5) is 0 Å². The molecule has 0 saturated heterocycles. The molecular formula is C16H24BrNO2. The lowest BCUT2D eigenvalue weighted by atomic mass is 9.87. The van der Waals surface area contributed by atoms with Crippen molar-refractivity contribution in [3.63, 3.8) is 0 Å². The topological polar surface area (TPSA) is 49.3 Å². The van der Waals surface area contributed by atoms with Crippen molar-refractivity contribution < 1.29 is 9.90 Å². The van der Waals surface area contributed by atoms with Gasteiger partial charge in [-0.05, 0) is 55.9 Å². The quantitative estimate of drug-likeness (QED) is 0.859. The number of benzene rings is 1. The molecule has 1 atom stereocenters. The molecule has 0 spiro atoms. The third-order valence-corrected chi connectivity index (χ3v) is 4.18. The predicted molar refractivity (Wildman–Crippen MR) is 86.0 cm³/mol. The van der Waals surface area contributed by atoms with E-state index in [9.17, 15) is 9.90 Å². The minimum absolute atomic E-state index is 0.0585. The Balaban J connectivity index is 2.75. The summed E-state index contributed by atoms with van der Waals surface area (Å²) in [5.74, 6) is -0.0585. The smallest absolute Gasteiger partial charge is 0.251 e. The number of hydrogen-bond acceptors (Lipinski definition) is 2. The molecule has 4 heteroatoms. The Morgan fingerprint density at radius 2 is 1.95 bits per heavy atom. The van der Waals surface area contributed by atoms with Crippen LogP contribution in [0, 0.1) is 19.3 Å². The van der Waals surface area contributed by atoms with Crippen LogP contribution in [0.15, 0.2) is 16.6 Å². The molecule has 1 rings (SSSR count). The van der Waals surface area contributed by atoms with E-state index in [1.807, 2.05) is 39.8 Å². The minimum Gasteiger partial charge on any atom is -0.393 e.